The SMILES string of the molecule is CCc1c(C(=O)NCC[NH+](C)C)c(C(C)C)nn1-c1cccc(F)c1. The Morgan fingerprint density at radius 3 is 2.64 bits per heavy atom. The fraction of sp³-hybridized carbons (Fsp3) is 0.474. The lowest BCUT2D eigenvalue weighted by Crippen LogP contribution is -3.06. The number of quaternary nitrogens is 1. The average molecular weight is 347 g/mol. The highest BCUT2D eigenvalue weighted by Crippen LogP contribution is 2.25. The van der Waals surface area contributed by atoms with Crippen molar-refractivity contribution < 1.29 is 14.1 Å². The van der Waals surface area contributed by atoms with E-state index >= 15 is 0 Å². The molecular formula is C19H28FN4O+. The molecule has 25 heavy (non-hydrogen) atoms. The number of aromatic nitrogens is 2. The van der Waals surface area contributed by atoms with Crippen LogP contribution in [0.4, 0.5) is 4.39 Å². The zero-order chi connectivity index (χ0) is 18.6. The van der Waals surface area contributed by atoms with Crippen LogP contribution >= 0.6 is 0 Å². The van der Waals surface area contributed by atoms with Crippen molar-refractivity contribution in [1.29, 1.82) is 0 Å². The average Bonchev–Trinajstić information content (AvgIpc) is 2.94. The number of benzene rings is 1. The van der Waals surface area contributed by atoms with Crippen LogP contribution in [0.25, 0.3) is 5.69 Å². The van der Waals surface area contributed by atoms with Crippen LogP contribution in [0.5, 0.6) is 0 Å². The normalized spacial score (nSPS) is 11.4. The molecule has 0 bridgehead atoms. The zero-order valence-electron chi connectivity index (χ0n) is 15.7. The summed E-state index contributed by atoms with van der Waals surface area (Å²) in [6.07, 6.45) is 0.637. The molecule has 0 spiro atoms. The summed E-state index contributed by atoms with van der Waals surface area (Å²) in [5.74, 6) is -0.328. The van der Waals surface area contributed by atoms with Gasteiger partial charge in [0.2, 0.25) is 0 Å². The lowest BCUT2D eigenvalue weighted by atomic mass is 10.0. The van der Waals surface area contributed by atoms with E-state index in [1.165, 1.54) is 17.0 Å². The third-order valence-corrected chi connectivity index (χ3v) is 4.08. The third-order valence-electron chi connectivity index (χ3n) is 4.08. The van der Waals surface area contributed by atoms with Crippen molar-refractivity contribution in [1.82, 2.24) is 15.1 Å². The van der Waals surface area contributed by atoms with E-state index in [-0.39, 0.29) is 17.6 Å². The van der Waals surface area contributed by atoms with E-state index in [1.807, 2.05) is 34.9 Å². The molecule has 0 saturated carbocycles. The van der Waals surface area contributed by atoms with Gasteiger partial charge in [-0.05, 0) is 30.5 Å². The predicted octanol–water partition coefficient (Wildman–Crippen LogP) is 1.57. The van der Waals surface area contributed by atoms with Gasteiger partial charge in [0.1, 0.15) is 5.82 Å². The molecule has 1 amide bonds. The molecule has 2 rings (SSSR count). The van der Waals surface area contributed by atoms with E-state index in [9.17, 15) is 9.18 Å². The van der Waals surface area contributed by atoms with Crippen molar-refractivity contribution in [2.75, 3.05) is 27.2 Å². The fourth-order valence-corrected chi connectivity index (χ4v) is 2.79. The van der Waals surface area contributed by atoms with Crippen molar-refractivity contribution in [3.8, 4) is 5.69 Å². The molecule has 0 unspecified atom stereocenters. The van der Waals surface area contributed by atoms with Gasteiger partial charge in [-0.3, -0.25) is 4.79 Å². The summed E-state index contributed by atoms with van der Waals surface area (Å²) >= 11 is 0. The minimum Gasteiger partial charge on any atom is -0.346 e. The van der Waals surface area contributed by atoms with Gasteiger partial charge in [0.05, 0.1) is 49.8 Å². The zero-order valence-corrected chi connectivity index (χ0v) is 15.7. The molecule has 2 aromatic rings. The molecule has 0 fully saturated rings. The van der Waals surface area contributed by atoms with E-state index in [1.54, 1.807) is 16.8 Å². The lowest BCUT2D eigenvalue weighted by Gasteiger charge is -2.11. The Morgan fingerprint density at radius 2 is 2.08 bits per heavy atom. The van der Waals surface area contributed by atoms with Gasteiger partial charge in [-0.15, -0.1) is 0 Å². The summed E-state index contributed by atoms with van der Waals surface area (Å²) in [5.41, 5.74) is 2.81. The Kier molecular flexibility index (Phi) is 6.31. The number of amides is 1. The van der Waals surface area contributed by atoms with Crippen LogP contribution < -0.4 is 10.2 Å². The van der Waals surface area contributed by atoms with Crippen LogP contribution in [-0.2, 0) is 6.42 Å². The largest absolute Gasteiger partial charge is 0.346 e. The lowest BCUT2D eigenvalue weighted by molar-refractivity contribution is -0.856. The fourth-order valence-electron chi connectivity index (χ4n) is 2.79. The monoisotopic (exact) mass is 347 g/mol. The summed E-state index contributed by atoms with van der Waals surface area (Å²) in [6.45, 7) is 7.46. The van der Waals surface area contributed by atoms with E-state index in [0.29, 0.717) is 24.2 Å². The molecule has 136 valence electrons. The molecule has 1 aromatic heterocycles. The molecule has 0 atom stereocenters. The van der Waals surface area contributed by atoms with E-state index < -0.39 is 0 Å². The van der Waals surface area contributed by atoms with Crippen molar-refractivity contribution in [3.05, 3.63) is 47.0 Å². The highest BCUT2D eigenvalue weighted by molar-refractivity contribution is 5.96. The van der Waals surface area contributed by atoms with Gasteiger partial charge in [0.25, 0.3) is 5.91 Å². The second-order valence-electron chi connectivity index (χ2n) is 6.82. The van der Waals surface area contributed by atoms with Crippen LogP contribution in [0.2, 0.25) is 0 Å². The van der Waals surface area contributed by atoms with Crippen molar-refractivity contribution in [3.63, 3.8) is 0 Å². The molecule has 0 radical (unpaired) electrons. The Bertz CT molecular complexity index is 737. The highest BCUT2D eigenvalue weighted by atomic mass is 19.1. The predicted molar refractivity (Wildman–Crippen MR) is 97.0 cm³/mol. The number of halogens is 1. The van der Waals surface area contributed by atoms with Gasteiger partial charge in [-0.2, -0.15) is 5.10 Å². The second-order valence-corrected chi connectivity index (χ2v) is 6.82. The maximum absolute atomic E-state index is 13.6. The first kappa shape index (κ1) is 19.1. The van der Waals surface area contributed by atoms with Crippen LogP contribution in [0, 0.1) is 5.82 Å². The molecule has 2 N–H and O–H groups in total. The molecule has 6 heteroatoms. The van der Waals surface area contributed by atoms with E-state index in [4.69, 9.17) is 0 Å². The van der Waals surface area contributed by atoms with Crippen LogP contribution in [-0.4, -0.2) is 42.9 Å². The topological polar surface area (TPSA) is 51.4 Å². The van der Waals surface area contributed by atoms with E-state index in [0.717, 1.165) is 17.9 Å². The van der Waals surface area contributed by atoms with Crippen LogP contribution in [0.15, 0.2) is 24.3 Å². The Hall–Kier alpha value is -2.21. The smallest absolute Gasteiger partial charge is 0.255 e. The molecule has 0 aliphatic carbocycles. The van der Waals surface area contributed by atoms with Crippen molar-refractivity contribution in [2.45, 2.75) is 33.1 Å². The molecule has 5 nitrogen and oxygen atoms in total. The highest BCUT2D eigenvalue weighted by Gasteiger charge is 2.25. The first-order valence-electron chi connectivity index (χ1n) is 8.80. The van der Waals surface area contributed by atoms with Crippen LogP contribution in [0.1, 0.15) is 48.4 Å². The molecule has 1 heterocycles. The Morgan fingerprint density at radius 1 is 1.36 bits per heavy atom. The van der Waals surface area contributed by atoms with Gasteiger partial charge < -0.3 is 10.2 Å². The maximum Gasteiger partial charge on any atom is 0.255 e. The number of hydrogen-bond acceptors (Lipinski definition) is 2. The van der Waals surface area contributed by atoms with Crippen molar-refractivity contribution in [2.24, 2.45) is 0 Å². The number of likely N-dealkylation sites (N-methyl/N-ethyl adjacent to an activating group) is 1. The summed E-state index contributed by atoms with van der Waals surface area (Å²) < 4.78 is 15.3. The number of carbonyl (C=O) groups excluding carboxylic acids is 1. The minimum absolute atomic E-state index is 0.0975. The molecular weight excluding hydrogens is 319 g/mol. The maximum atomic E-state index is 13.6. The Labute approximate surface area is 148 Å². The number of carbonyl (C=O) groups is 1. The first-order valence-corrected chi connectivity index (χ1v) is 8.80. The van der Waals surface area contributed by atoms with Gasteiger partial charge >= 0.3 is 0 Å². The van der Waals surface area contributed by atoms with Crippen molar-refractivity contribution >= 4 is 5.91 Å². The first-order chi connectivity index (χ1) is 11.8. The molecule has 0 aliphatic heterocycles. The number of nitrogens with zero attached hydrogens (tertiary/aromatic N) is 2. The number of rotatable bonds is 7. The second kappa shape index (κ2) is 8.25. The van der Waals surface area contributed by atoms with Gasteiger partial charge in [-0.1, -0.05) is 26.8 Å². The molecule has 0 saturated heterocycles. The molecule has 1 aromatic carbocycles. The van der Waals surface area contributed by atoms with Gasteiger partial charge in [0.15, 0.2) is 0 Å². The Balaban J connectivity index is 2.45. The van der Waals surface area contributed by atoms with Gasteiger partial charge in [0, 0.05) is 0 Å². The summed E-state index contributed by atoms with van der Waals surface area (Å²) in [4.78, 5) is 14.1. The van der Waals surface area contributed by atoms with Crippen LogP contribution in [0.3, 0.4) is 0 Å². The quantitative estimate of drug-likeness (QED) is 0.799. The third kappa shape index (κ3) is 4.45. The minimum atomic E-state index is -0.318. The standard InChI is InChI=1S/C19H27FN4O/c1-6-16-17(19(25)21-10-11-23(4)5)18(13(2)3)22-24(16)15-9-7-8-14(20)12-15/h7-9,12-13H,6,10-11H2,1-5H3,(H,21,25)/p+1. The number of hydrogen-bond donors (Lipinski definition) is 2. The molecule has 0 aliphatic rings. The number of nitrogens with one attached hydrogen (secondary N) is 2. The summed E-state index contributed by atoms with van der Waals surface area (Å²) in [5, 5.41) is 7.63. The van der Waals surface area contributed by atoms with Gasteiger partial charge in [-0.25, -0.2) is 9.07 Å². The summed E-state index contributed by atoms with van der Waals surface area (Å²) in [6, 6.07) is 6.30. The summed E-state index contributed by atoms with van der Waals surface area (Å²) in [7, 11) is 4.09. The van der Waals surface area contributed by atoms with E-state index in [2.05, 4.69) is 10.4 Å².